The van der Waals surface area contributed by atoms with E-state index >= 15 is 0 Å². The molecule has 0 atom stereocenters. The second kappa shape index (κ2) is 10.1. The molecule has 0 bridgehead atoms. The van der Waals surface area contributed by atoms with E-state index in [-0.39, 0.29) is 29.7 Å². The van der Waals surface area contributed by atoms with Gasteiger partial charge in [0.25, 0.3) is 5.91 Å². The monoisotopic (exact) mass is 445 g/mol. The van der Waals surface area contributed by atoms with Gasteiger partial charge in [0, 0.05) is 24.7 Å². The largest absolute Gasteiger partial charge is 0.493 e. The number of ether oxygens (including phenoxy) is 5. The predicted octanol–water partition coefficient (Wildman–Crippen LogP) is 1.96. The molecule has 1 fully saturated rings. The minimum absolute atomic E-state index is 0.0192. The molecule has 10 nitrogen and oxygen atoms in total. The molecular weight excluding hydrogens is 418 g/mol. The molecule has 172 valence electrons. The van der Waals surface area contributed by atoms with Crippen LogP contribution in [-0.2, 0) is 11.2 Å². The summed E-state index contributed by atoms with van der Waals surface area (Å²) in [5.41, 5.74) is 0.870. The molecule has 10 heteroatoms. The van der Waals surface area contributed by atoms with Crippen molar-refractivity contribution in [1.29, 1.82) is 0 Å². The van der Waals surface area contributed by atoms with Gasteiger partial charge in [-0.25, -0.2) is 5.01 Å². The number of methoxy groups -OCH3 is 5. The number of hydrogen-bond donors (Lipinski definition) is 0. The molecule has 2 aromatic rings. The fourth-order valence-electron chi connectivity index (χ4n) is 3.63. The number of nitrogens with zero attached hydrogens (tertiary/aromatic N) is 3. The molecule has 0 radical (unpaired) electrons. The van der Waals surface area contributed by atoms with Gasteiger partial charge < -0.3 is 23.7 Å². The zero-order valence-electron chi connectivity index (χ0n) is 18.8. The summed E-state index contributed by atoms with van der Waals surface area (Å²) in [7, 11) is 7.43. The molecule has 3 rings (SSSR count). The molecule has 0 aliphatic carbocycles. The summed E-state index contributed by atoms with van der Waals surface area (Å²) in [6.45, 7) is 0.828. The average Bonchev–Trinajstić information content (AvgIpc) is 3.32. The van der Waals surface area contributed by atoms with Gasteiger partial charge in [-0.1, -0.05) is 6.07 Å². The van der Waals surface area contributed by atoms with Gasteiger partial charge in [-0.2, -0.15) is 4.98 Å². The zero-order valence-corrected chi connectivity index (χ0v) is 18.8. The van der Waals surface area contributed by atoms with Gasteiger partial charge >= 0.3 is 0 Å². The third kappa shape index (κ3) is 4.34. The van der Waals surface area contributed by atoms with Gasteiger partial charge in [0.2, 0.25) is 23.4 Å². The van der Waals surface area contributed by atoms with Gasteiger partial charge in [-0.3, -0.25) is 14.6 Å². The van der Waals surface area contributed by atoms with Gasteiger partial charge in [0.1, 0.15) is 5.56 Å². The van der Waals surface area contributed by atoms with E-state index in [0.717, 1.165) is 0 Å². The highest BCUT2D eigenvalue weighted by atomic mass is 16.5. The van der Waals surface area contributed by atoms with Crippen LogP contribution < -0.4 is 23.7 Å². The Balaban J connectivity index is 1.85. The molecule has 0 saturated carbocycles. The van der Waals surface area contributed by atoms with Gasteiger partial charge in [-0.15, -0.1) is 0 Å². The van der Waals surface area contributed by atoms with Gasteiger partial charge in [0.15, 0.2) is 11.5 Å². The number of carbonyl (C=O) groups excluding carboxylic acids is 2. The highest BCUT2D eigenvalue weighted by Gasteiger charge is 2.33. The fraction of sp³-hybridized carbons (Fsp3) is 0.409. The Morgan fingerprint density at radius 2 is 1.56 bits per heavy atom. The maximum atomic E-state index is 13.2. The number of aromatic nitrogens is 1. The van der Waals surface area contributed by atoms with Crippen LogP contribution in [0, 0.1) is 0 Å². The summed E-state index contributed by atoms with van der Waals surface area (Å²) in [6.07, 6.45) is 0.678. The van der Waals surface area contributed by atoms with Crippen LogP contribution in [0.2, 0.25) is 0 Å². The third-order valence-corrected chi connectivity index (χ3v) is 5.15. The fourth-order valence-corrected chi connectivity index (χ4v) is 3.63. The second-order valence-electron chi connectivity index (χ2n) is 6.88. The lowest BCUT2D eigenvalue weighted by Crippen LogP contribution is -2.45. The molecule has 32 heavy (non-hydrogen) atoms. The highest BCUT2D eigenvalue weighted by Crippen LogP contribution is 2.40. The normalized spacial score (nSPS) is 13.0. The van der Waals surface area contributed by atoms with Crippen molar-refractivity contribution in [3.8, 4) is 29.0 Å². The predicted molar refractivity (Wildman–Crippen MR) is 115 cm³/mol. The molecular formula is C22H27N3O7. The summed E-state index contributed by atoms with van der Waals surface area (Å²) >= 11 is 0. The van der Waals surface area contributed by atoms with Crippen molar-refractivity contribution in [2.45, 2.75) is 12.8 Å². The van der Waals surface area contributed by atoms with Crippen molar-refractivity contribution in [3.05, 3.63) is 35.4 Å². The van der Waals surface area contributed by atoms with Crippen molar-refractivity contribution < 1.29 is 33.3 Å². The number of hydrogen-bond acceptors (Lipinski definition) is 8. The summed E-state index contributed by atoms with van der Waals surface area (Å²) in [5, 5.41) is 2.86. The Hall–Kier alpha value is -3.69. The van der Waals surface area contributed by atoms with E-state index in [1.165, 1.54) is 45.6 Å². The van der Waals surface area contributed by atoms with Crippen LogP contribution in [0.15, 0.2) is 24.3 Å². The maximum absolute atomic E-state index is 13.2. The minimum Gasteiger partial charge on any atom is -0.493 e. The Morgan fingerprint density at radius 3 is 2.19 bits per heavy atom. The van der Waals surface area contributed by atoms with E-state index < -0.39 is 0 Å². The molecule has 0 unspecified atom stereocenters. The first-order valence-corrected chi connectivity index (χ1v) is 9.98. The number of pyridine rings is 1. The minimum atomic E-state index is -0.373. The van der Waals surface area contributed by atoms with Crippen molar-refractivity contribution >= 4 is 11.8 Å². The van der Waals surface area contributed by atoms with Crippen molar-refractivity contribution in [2.75, 3.05) is 48.6 Å². The lowest BCUT2D eigenvalue weighted by Gasteiger charge is -2.28. The van der Waals surface area contributed by atoms with Crippen molar-refractivity contribution in [3.63, 3.8) is 0 Å². The molecule has 1 saturated heterocycles. The molecule has 0 spiro atoms. The topological polar surface area (TPSA) is 99.7 Å². The Bertz CT molecular complexity index is 996. The Morgan fingerprint density at radius 1 is 0.844 bits per heavy atom. The molecule has 2 amide bonds. The smallest absolute Gasteiger partial charge is 0.277 e. The van der Waals surface area contributed by atoms with E-state index in [2.05, 4.69) is 4.98 Å². The molecule has 0 N–H and O–H groups in total. The number of rotatable bonds is 8. The summed E-state index contributed by atoms with van der Waals surface area (Å²) in [5.74, 6) is 1.16. The van der Waals surface area contributed by atoms with E-state index in [1.54, 1.807) is 24.3 Å². The van der Waals surface area contributed by atoms with E-state index in [9.17, 15) is 9.59 Å². The van der Waals surface area contributed by atoms with Crippen LogP contribution in [0.1, 0.15) is 22.3 Å². The molecule has 1 aromatic carbocycles. The number of hydrazine groups is 1. The Kier molecular flexibility index (Phi) is 7.24. The van der Waals surface area contributed by atoms with Crippen LogP contribution in [-0.4, -0.2) is 75.5 Å². The third-order valence-electron chi connectivity index (χ3n) is 5.15. The lowest BCUT2D eigenvalue weighted by atomic mass is 10.1. The SMILES string of the molecule is COc1ccc(C(=O)N2CCCN2C(=O)Cc2ccc(OC)c(OC)c2OC)c(OC)n1. The maximum Gasteiger partial charge on any atom is 0.277 e. The van der Waals surface area contributed by atoms with Crippen LogP contribution in [0.25, 0.3) is 0 Å². The lowest BCUT2D eigenvalue weighted by molar-refractivity contribution is -0.139. The molecule has 1 aliphatic heterocycles. The van der Waals surface area contributed by atoms with Crippen LogP contribution in [0.5, 0.6) is 29.0 Å². The summed E-state index contributed by atoms with van der Waals surface area (Å²) in [6, 6.07) is 6.61. The highest BCUT2D eigenvalue weighted by molar-refractivity contribution is 5.98. The quantitative estimate of drug-likeness (QED) is 0.608. The first-order valence-electron chi connectivity index (χ1n) is 9.98. The second-order valence-corrected chi connectivity index (χ2v) is 6.88. The summed E-state index contributed by atoms with van der Waals surface area (Å²) < 4.78 is 26.5. The first-order chi connectivity index (χ1) is 15.5. The number of amides is 2. The average molecular weight is 445 g/mol. The molecule has 1 aliphatic rings. The molecule has 1 aromatic heterocycles. The van der Waals surface area contributed by atoms with E-state index in [1.807, 2.05) is 0 Å². The standard InChI is InChI=1S/C22H27N3O7/c1-28-16-9-7-14(19(30-3)20(16)31-4)13-18(26)24-11-6-12-25(24)22(27)15-8-10-17(29-2)23-21(15)32-5/h7-10H,6,11-13H2,1-5H3. The molecule has 2 heterocycles. The van der Waals surface area contributed by atoms with Crippen LogP contribution >= 0.6 is 0 Å². The van der Waals surface area contributed by atoms with E-state index in [4.69, 9.17) is 23.7 Å². The van der Waals surface area contributed by atoms with Crippen LogP contribution in [0.3, 0.4) is 0 Å². The van der Waals surface area contributed by atoms with Crippen molar-refractivity contribution in [1.82, 2.24) is 15.0 Å². The van der Waals surface area contributed by atoms with Crippen molar-refractivity contribution in [2.24, 2.45) is 0 Å². The van der Waals surface area contributed by atoms with E-state index in [0.29, 0.717) is 48.2 Å². The number of benzene rings is 1. The Labute approximate surface area is 186 Å². The first kappa shape index (κ1) is 23.0. The summed E-state index contributed by atoms with van der Waals surface area (Å²) in [4.78, 5) is 30.5. The van der Waals surface area contributed by atoms with Gasteiger partial charge in [0.05, 0.1) is 42.0 Å². The number of carbonyl (C=O) groups is 2. The van der Waals surface area contributed by atoms with Gasteiger partial charge in [-0.05, 0) is 18.6 Å². The zero-order chi connectivity index (χ0) is 23.3. The van der Waals surface area contributed by atoms with Crippen LogP contribution in [0.4, 0.5) is 0 Å².